The molecule has 0 radical (unpaired) electrons. The van der Waals surface area contributed by atoms with Crippen LogP contribution < -0.4 is 0 Å². The van der Waals surface area contributed by atoms with Crippen molar-refractivity contribution in [2.24, 2.45) is 0 Å². The van der Waals surface area contributed by atoms with Crippen LogP contribution >= 0.6 is 11.8 Å². The van der Waals surface area contributed by atoms with Gasteiger partial charge in [0.05, 0.1) is 43.3 Å². The molecule has 109 heavy (non-hydrogen) atoms. The summed E-state index contributed by atoms with van der Waals surface area (Å²) in [7, 11) is -1.02. The van der Waals surface area contributed by atoms with Crippen molar-refractivity contribution >= 4 is 32.4 Å². The van der Waals surface area contributed by atoms with Gasteiger partial charge in [0.2, 0.25) is 0 Å². The predicted octanol–water partition coefficient (Wildman–Crippen LogP) is 13.4. The largest absolute Gasteiger partial charge is 0.389 e. The molecule has 0 aliphatic carbocycles. The van der Waals surface area contributed by atoms with E-state index in [1.54, 1.807) is 6.20 Å². The summed E-state index contributed by atoms with van der Waals surface area (Å²) in [6, 6.07) is 1.37. The maximum absolute atomic E-state index is 11.1. The van der Waals surface area contributed by atoms with Gasteiger partial charge in [0.25, 0.3) is 0 Å². The first-order valence-corrected chi connectivity index (χ1v) is 46.7. The van der Waals surface area contributed by atoms with E-state index in [1.165, 1.54) is 96.0 Å². The lowest BCUT2D eigenvalue weighted by atomic mass is 10.00. The molecule has 10 aliphatic rings. The van der Waals surface area contributed by atoms with Crippen LogP contribution in [0, 0.1) is 0 Å². The summed E-state index contributed by atoms with van der Waals surface area (Å²) in [5, 5.41) is 18.5. The van der Waals surface area contributed by atoms with E-state index in [0.717, 1.165) is 64.0 Å². The second kappa shape index (κ2) is 44.7. The van der Waals surface area contributed by atoms with Crippen molar-refractivity contribution in [3.05, 3.63) is 18.7 Å². The Hall–Kier alpha value is -0.940. The molecule has 2 unspecified atom stereocenters. The molecule has 2 N–H and O–H groups in total. The molecule has 23 heteroatoms. The van der Waals surface area contributed by atoms with E-state index in [0.29, 0.717) is 77.5 Å². The van der Waals surface area contributed by atoms with Gasteiger partial charge in [0, 0.05) is 205 Å². The number of likely N-dealkylation sites (tertiary alicyclic amines) is 4. The first-order valence-electron chi connectivity index (χ1n) is 42.2. The Morgan fingerprint density at radius 3 is 1.00 bits per heavy atom. The van der Waals surface area contributed by atoms with E-state index in [4.69, 9.17) is 14.2 Å². The number of thioether (sulfide) groups is 1. The molecule has 1 aromatic heterocycles. The SMILES string of the molecule is CC(C)(C)N1CCCC1.CC(C)(C)N1CCCCC1.CC(C)(C)N1CCOCC1.CC(C)(C)N1CCS(=O)(=O)CC1.CC(C)(C)N1CCS(=O)CC1.CC(C)(C)N1CCSCC1.CC(C)(C)N1C[C@@H](O)[C@@H](O)C1.CC(C)(C)n1ccnc1.CC1(C)O[C@H]2CN(C(C)(C)C)C[C@H]2O1.CC1CN(C(C)(C)C)CC(C)N1C. The molecule has 0 saturated carbocycles. The van der Waals surface area contributed by atoms with Crippen LogP contribution in [0.25, 0.3) is 0 Å². The maximum atomic E-state index is 11.1. The number of likely N-dealkylation sites (N-methyl/N-ethyl adjacent to an activating group) is 1. The number of β-amino-alcohol motifs (C(OH)–C–C–N with tert-alkyl or cyclic N) is 2. The Morgan fingerprint density at radius 2 is 0.716 bits per heavy atom. The van der Waals surface area contributed by atoms with Gasteiger partial charge in [0.1, 0.15) is 12.2 Å². The molecule has 10 aliphatic heterocycles. The highest BCUT2D eigenvalue weighted by molar-refractivity contribution is 7.99. The second-order valence-corrected chi connectivity index (χ2v) is 47.7. The molecule has 11 rings (SSSR count). The molecule has 1 aromatic rings. The molecule has 10 fully saturated rings. The van der Waals surface area contributed by atoms with Gasteiger partial charge >= 0.3 is 0 Å². The molecular weight excluding hydrogens is 1430 g/mol. The highest BCUT2D eigenvalue weighted by Gasteiger charge is 2.49. The molecule has 0 amide bonds. The van der Waals surface area contributed by atoms with E-state index >= 15 is 0 Å². The van der Waals surface area contributed by atoms with Gasteiger partial charge in [-0.2, -0.15) is 11.8 Å². The van der Waals surface area contributed by atoms with Crippen LogP contribution in [0.5, 0.6) is 0 Å². The zero-order chi connectivity index (χ0) is 84.0. The average Bonchev–Trinajstić information content (AvgIpc) is 1.69. The number of piperidine rings is 1. The van der Waals surface area contributed by atoms with Crippen molar-refractivity contribution in [3.8, 4) is 0 Å². The number of aliphatic hydroxyl groups is 2. The number of aliphatic hydroxyl groups excluding tert-OH is 2. The third-order valence-corrected chi connectivity index (χ3v) is 26.4. The fraction of sp³-hybridized carbons (Fsp3) is 0.965. The lowest BCUT2D eigenvalue weighted by molar-refractivity contribution is -0.158. The molecule has 20 nitrogen and oxygen atoms in total. The highest BCUT2D eigenvalue weighted by atomic mass is 32.2. The van der Waals surface area contributed by atoms with Gasteiger partial charge in [0.15, 0.2) is 15.6 Å². The van der Waals surface area contributed by atoms with Crippen molar-refractivity contribution in [1.82, 2.24) is 58.6 Å². The number of ether oxygens (including phenoxy) is 3. The standard InChI is InChI=1S/C11H24N2.C11H21NO2.C9H19N.C8H17NO2S.C8H17NO2.C8H17NOS.C8H17NO.C8H17NS.C8H17N.C7H12N2/c1-9-7-13(11(3,4)5)8-10(2)12(9)6;1-10(2,3)12-6-8-9(7-12)14-11(4,5)13-8;1-9(2,3)10-7-5-4-6-8-10;1-8(2,3)9-4-6-12(10,11)7-5-9;1-8(2,3)9-4-6(10)7(11)5-9;1-8(2,3)9-4-6-11(10)7-5-9;2*1-8(2,3)9-4-6-10-7-5-9;1-8(2,3)9-6-4-5-7-9;1-7(2,3)9-5-4-8-6-9/h9-10H,7-8H2,1-6H3;8-9H,6-7H2,1-5H3;4-8H2,1-3H3;4-7H2,1-3H3;6-7,10-11H,4-5H2,1-3H3;4-7H2,1-3H3;2*4-7H2,1-3H3;4-7H2,1-3H3;4-6H,1-3H3/t;8-,9+;;;6-,7+;;;;;. The van der Waals surface area contributed by atoms with Gasteiger partial charge in [-0.25, -0.2) is 13.4 Å². The number of imidazole rings is 1. The monoisotopic (exact) mass is 1600 g/mol. The summed E-state index contributed by atoms with van der Waals surface area (Å²) in [5.74, 6) is 4.62. The third-order valence-electron chi connectivity index (χ3n) is 22.5. The third kappa shape index (κ3) is 41.3. The fourth-order valence-corrected chi connectivity index (χ4v) is 17.5. The molecule has 648 valence electrons. The van der Waals surface area contributed by atoms with Crippen LogP contribution in [0.4, 0.5) is 0 Å². The number of rotatable bonds is 0. The fourth-order valence-electron chi connectivity index (χ4n) is 14.3. The van der Waals surface area contributed by atoms with Crippen molar-refractivity contribution in [3.63, 3.8) is 0 Å². The summed E-state index contributed by atoms with van der Waals surface area (Å²) < 4.78 is 52.2. The second-order valence-electron chi connectivity index (χ2n) is 42.5. The maximum Gasteiger partial charge on any atom is 0.163 e. The van der Waals surface area contributed by atoms with Gasteiger partial charge in [-0.05, 0) is 294 Å². The van der Waals surface area contributed by atoms with Crippen LogP contribution in [0.3, 0.4) is 0 Å². The summed E-state index contributed by atoms with van der Waals surface area (Å²) >= 11 is 2.07. The van der Waals surface area contributed by atoms with Gasteiger partial charge in [-0.15, -0.1) is 0 Å². The van der Waals surface area contributed by atoms with Crippen LogP contribution in [-0.2, 0) is 40.4 Å². The van der Waals surface area contributed by atoms with E-state index < -0.39 is 32.8 Å². The molecular formula is C86H178N12O8S3. The van der Waals surface area contributed by atoms with E-state index in [2.05, 4.69) is 299 Å². The summed E-state index contributed by atoms with van der Waals surface area (Å²) in [6.07, 6.45) is 12.1. The Labute approximate surface area is 680 Å². The number of piperazine rings is 1. The molecule has 0 bridgehead atoms. The van der Waals surface area contributed by atoms with Crippen LogP contribution in [0.1, 0.15) is 268 Å². The lowest BCUT2D eigenvalue weighted by Crippen LogP contribution is -2.59. The number of nitrogens with zero attached hydrogens (tertiary/aromatic N) is 12. The topological polar surface area (TPSA) is 170 Å². The molecule has 10 saturated heterocycles. The Kier molecular flexibility index (Phi) is 42.7. The Balaban J connectivity index is 0.000000412. The Morgan fingerprint density at radius 1 is 0.413 bits per heavy atom. The molecule has 0 spiro atoms. The van der Waals surface area contributed by atoms with E-state index in [9.17, 15) is 22.8 Å². The summed E-state index contributed by atoms with van der Waals surface area (Å²) in [5.41, 5.74) is 2.67. The number of morpholine rings is 1. The number of aromatic nitrogens is 2. The zero-order valence-electron chi connectivity index (χ0n) is 77.6. The van der Waals surface area contributed by atoms with Gasteiger partial charge in [-0.1, -0.05) is 6.42 Å². The van der Waals surface area contributed by atoms with Crippen LogP contribution in [0.2, 0.25) is 0 Å². The van der Waals surface area contributed by atoms with Crippen LogP contribution in [0.15, 0.2) is 18.7 Å². The summed E-state index contributed by atoms with van der Waals surface area (Å²) in [6.45, 7) is 96.0. The molecule has 11 heterocycles. The normalized spacial score (nSPS) is 26.8. The van der Waals surface area contributed by atoms with E-state index in [-0.39, 0.29) is 45.7 Å². The minimum absolute atomic E-state index is 0.0540. The van der Waals surface area contributed by atoms with E-state index in [1.807, 2.05) is 26.4 Å². The quantitative estimate of drug-likeness (QED) is 0.251. The number of hydrogen-bond donors (Lipinski definition) is 2. The minimum Gasteiger partial charge on any atom is -0.389 e. The van der Waals surface area contributed by atoms with Crippen molar-refractivity contribution in [1.29, 1.82) is 0 Å². The molecule has 6 atom stereocenters. The molecule has 0 aromatic carbocycles. The average molecular weight is 1600 g/mol. The van der Waals surface area contributed by atoms with Crippen molar-refractivity contribution < 1.29 is 37.1 Å². The predicted molar refractivity (Wildman–Crippen MR) is 469 cm³/mol. The van der Waals surface area contributed by atoms with Crippen molar-refractivity contribution in [2.75, 3.05) is 173 Å². The van der Waals surface area contributed by atoms with Crippen molar-refractivity contribution in [2.45, 2.75) is 365 Å². The highest BCUT2D eigenvalue weighted by Crippen LogP contribution is 2.36. The number of sulfone groups is 1. The first-order chi connectivity index (χ1) is 49.3. The number of fused-ring (bicyclic) bond motifs is 1. The Bertz CT molecular complexity index is 2610. The smallest absolute Gasteiger partial charge is 0.163 e. The minimum atomic E-state index is -2.72. The van der Waals surface area contributed by atoms with Crippen LogP contribution in [-0.4, -0.2) is 346 Å². The lowest BCUT2D eigenvalue weighted by Gasteiger charge is -2.48. The zero-order valence-corrected chi connectivity index (χ0v) is 80.0. The summed E-state index contributed by atoms with van der Waals surface area (Å²) in [4.78, 5) is 28.3. The van der Waals surface area contributed by atoms with Gasteiger partial charge in [-0.3, -0.25) is 53.2 Å². The first kappa shape index (κ1) is 104. The van der Waals surface area contributed by atoms with Gasteiger partial charge < -0.3 is 29.0 Å². The number of hydrogen-bond acceptors (Lipinski definition) is 20.